The number of nitrogens with zero attached hydrogens (tertiary/aromatic N) is 4. The number of hydrogen-bond donors (Lipinski definition) is 1. The summed E-state index contributed by atoms with van der Waals surface area (Å²) in [6.07, 6.45) is 3.49. The lowest BCUT2D eigenvalue weighted by atomic mass is 10.2. The molecule has 0 radical (unpaired) electrons. The predicted octanol–water partition coefficient (Wildman–Crippen LogP) is 3.24. The molecule has 6 nitrogen and oxygen atoms in total. The van der Waals surface area contributed by atoms with Gasteiger partial charge in [0, 0.05) is 22.2 Å². The second-order valence-electron chi connectivity index (χ2n) is 4.17. The van der Waals surface area contributed by atoms with Gasteiger partial charge in [0.15, 0.2) is 0 Å². The molecule has 0 fully saturated rings. The predicted molar refractivity (Wildman–Crippen MR) is 81.7 cm³/mol. The Balaban J connectivity index is 2.06. The van der Waals surface area contributed by atoms with E-state index in [1.807, 2.05) is 25.4 Å². The Morgan fingerprint density at radius 1 is 1.30 bits per heavy atom. The maximum atomic E-state index is 6.02. The van der Waals surface area contributed by atoms with Gasteiger partial charge < -0.3 is 10.3 Å². The lowest BCUT2D eigenvalue weighted by Gasteiger charge is -2.04. The van der Waals surface area contributed by atoms with Crippen LogP contribution >= 0.6 is 31.9 Å². The highest BCUT2D eigenvalue weighted by Gasteiger charge is 2.16. The van der Waals surface area contributed by atoms with Gasteiger partial charge in [-0.05, 0) is 28.1 Å². The van der Waals surface area contributed by atoms with Crippen molar-refractivity contribution in [3.8, 4) is 22.8 Å². The summed E-state index contributed by atoms with van der Waals surface area (Å²) in [6.45, 7) is 0. The Labute approximate surface area is 131 Å². The Bertz CT molecular complexity index is 780. The minimum absolute atomic E-state index is 0.364. The lowest BCUT2D eigenvalue weighted by molar-refractivity contribution is 0.432. The van der Waals surface area contributed by atoms with Crippen LogP contribution in [0.15, 0.2) is 38.0 Å². The van der Waals surface area contributed by atoms with Crippen LogP contribution in [-0.2, 0) is 7.05 Å². The number of aromatic nitrogens is 4. The van der Waals surface area contributed by atoms with E-state index in [2.05, 4.69) is 47.1 Å². The van der Waals surface area contributed by atoms with Gasteiger partial charge in [-0.15, -0.1) is 0 Å². The Morgan fingerprint density at radius 3 is 2.80 bits per heavy atom. The Morgan fingerprint density at radius 2 is 2.10 bits per heavy atom. The van der Waals surface area contributed by atoms with E-state index in [0.29, 0.717) is 23.0 Å². The van der Waals surface area contributed by atoms with E-state index in [9.17, 15) is 0 Å². The fourth-order valence-electron chi connectivity index (χ4n) is 1.75. The van der Waals surface area contributed by atoms with Crippen molar-refractivity contribution in [3.05, 3.63) is 33.5 Å². The molecule has 102 valence electrons. The van der Waals surface area contributed by atoms with Crippen molar-refractivity contribution in [2.75, 3.05) is 5.73 Å². The molecule has 0 saturated carbocycles. The molecule has 3 rings (SSSR count). The molecular weight excluding hydrogens is 390 g/mol. The summed E-state index contributed by atoms with van der Waals surface area (Å²) in [4.78, 5) is 4.35. The maximum Gasteiger partial charge on any atom is 0.260 e. The monoisotopic (exact) mass is 397 g/mol. The highest BCUT2D eigenvalue weighted by molar-refractivity contribution is 9.11. The van der Waals surface area contributed by atoms with E-state index in [1.54, 1.807) is 10.9 Å². The molecule has 3 aromatic rings. The molecule has 20 heavy (non-hydrogen) atoms. The highest BCUT2D eigenvalue weighted by Crippen LogP contribution is 2.35. The zero-order valence-electron chi connectivity index (χ0n) is 10.3. The van der Waals surface area contributed by atoms with E-state index >= 15 is 0 Å². The first-order valence-corrected chi connectivity index (χ1v) is 7.21. The maximum absolute atomic E-state index is 6.02. The topological polar surface area (TPSA) is 82.8 Å². The summed E-state index contributed by atoms with van der Waals surface area (Å²) < 4.78 is 8.60. The first kappa shape index (κ1) is 13.3. The lowest BCUT2D eigenvalue weighted by Crippen LogP contribution is -1.92. The van der Waals surface area contributed by atoms with Crippen LogP contribution in [0.5, 0.6) is 0 Å². The van der Waals surface area contributed by atoms with Crippen molar-refractivity contribution in [2.24, 2.45) is 7.05 Å². The van der Waals surface area contributed by atoms with Crippen LogP contribution in [0.25, 0.3) is 22.8 Å². The standard InChI is InChI=1S/C12H9Br2N5O/c1-19-5-6(4-16-19)11-17-12(20-18-11)8-2-7(13)3-9(14)10(8)15/h2-5H,15H2,1H3. The first-order chi connectivity index (χ1) is 9.54. The van der Waals surface area contributed by atoms with Gasteiger partial charge in [-0.2, -0.15) is 10.1 Å². The van der Waals surface area contributed by atoms with Crippen LogP contribution in [-0.4, -0.2) is 19.9 Å². The van der Waals surface area contributed by atoms with Gasteiger partial charge in [-0.25, -0.2) is 0 Å². The number of hydrogen-bond acceptors (Lipinski definition) is 5. The van der Waals surface area contributed by atoms with Gasteiger partial charge in [-0.1, -0.05) is 21.1 Å². The van der Waals surface area contributed by atoms with Crippen LogP contribution in [0.3, 0.4) is 0 Å². The van der Waals surface area contributed by atoms with Crippen molar-refractivity contribution in [1.29, 1.82) is 0 Å². The van der Waals surface area contributed by atoms with Crippen molar-refractivity contribution in [2.45, 2.75) is 0 Å². The van der Waals surface area contributed by atoms with Crippen LogP contribution in [0.4, 0.5) is 5.69 Å². The number of anilines is 1. The minimum atomic E-state index is 0.364. The summed E-state index contributed by atoms with van der Waals surface area (Å²) >= 11 is 6.80. The smallest absolute Gasteiger partial charge is 0.260 e. The average molecular weight is 399 g/mol. The molecule has 2 aromatic heterocycles. The molecule has 0 saturated heterocycles. The molecular formula is C12H9Br2N5O. The summed E-state index contributed by atoms with van der Waals surface area (Å²) in [7, 11) is 1.83. The van der Waals surface area contributed by atoms with E-state index in [1.165, 1.54) is 0 Å². The molecule has 0 spiro atoms. The van der Waals surface area contributed by atoms with Gasteiger partial charge in [0.05, 0.1) is 23.0 Å². The quantitative estimate of drug-likeness (QED) is 0.670. The molecule has 0 atom stereocenters. The van der Waals surface area contributed by atoms with Crippen LogP contribution in [0.2, 0.25) is 0 Å². The molecule has 0 unspecified atom stereocenters. The van der Waals surface area contributed by atoms with E-state index in [0.717, 1.165) is 14.5 Å². The number of benzene rings is 1. The van der Waals surface area contributed by atoms with Gasteiger partial charge >= 0.3 is 0 Å². The normalized spacial score (nSPS) is 10.9. The zero-order valence-corrected chi connectivity index (χ0v) is 13.5. The van der Waals surface area contributed by atoms with Crippen molar-refractivity contribution >= 4 is 37.5 Å². The molecule has 0 bridgehead atoms. The largest absolute Gasteiger partial charge is 0.397 e. The number of nitrogen functional groups attached to an aromatic ring is 1. The Kier molecular flexibility index (Phi) is 3.35. The highest BCUT2D eigenvalue weighted by atomic mass is 79.9. The third kappa shape index (κ3) is 2.36. The summed E-state index contributed by atoms with van der Waals surface area (Å²) in [6, 6.07) is 3.69. The van der Waals surface area contributed by atoms with Crippen molar-refractivity contribution in [1.82, 2.24) is 19.9 Å². The molecule has 0 aliphatic rings. The minimum Gasteiger partial charge on any atom is -0.397 e. The number of aryl methyl sites for hydroxylation is 1. The van der Waals surface area contributed by atoms with E-state index < -0.39 is 0 Å². The van der Waals surface area contributed by atoms with Crippen LogP contribution < -0.4 is 5.73 Å². The summed E-state index contributed by atoms with van der Waals surface area (Å²) in [5.41, 5.74) is 8.04. The van der Waals surface area contributed by atoms with Crippen molar-refractivity contribution < 1.29 is 4.52 Å². The van der Waals surface area contributed by atoms with Gasteiger partial charge in [0.2, 0.25) is 5.82 Å². The van der Waals surface area contributed by atoms with Crippen molar-refractivity contribution in [3.63, 3.8) is 0 Å². The molecule has 2 N–H and O–H groups in total. The SMILES string of the molecule is Cn1cc(-c2noc(-c3cc(Br)cc(Br)c3N)n2)cn1. The fourth-order valence-corrected chi connectivity index (χ4v) is 2.97. The Hall–Kier alpha value is -1.67. The van der Waals surface area contributed by atoms with E-state index in [4.69, 9.17) is 10.3 Å². The third-order valence-electron chi connectivity index (χ3n) is 2.71. The summed E-state index contributed by atoms with van der Waals surface area (Å²) in [5, 5.41) is 8.03. The molecule has 2 heterocycles. The number of halogens is 2. The molecule has 1 aromatic carbocycles. The van der Waals surface area contributed by atoms with Crippen LogP contribution in [0.1, 0.15) is 0 Å². The third-order valence-corrected chi connectivity index (χ3v) is 3.83. The van der Waals surface area contributed by atoms with Gasteiger partial charge in [0.1, 0.15) is 0 Å². The summed E-state index contributed by atoms with van der Waals surface area (Å²) in [5.74, 6) is 0.840. The van der Waals surface area contributed by atoms with Crippen LogP contribution in [0, 0.1) is 0 Å². The second kappa shape index (κ2) is 5.02. The molecule has 0 amide bonds. The molecule has 8 heteroatoms. The molecule has 0 aliphatic heterocycles. The second-order valence-corrected chi connectivity index (χ2v) is 5.94. The van der Waals surface area contributed by atoms with Gasteiger partial charge in [0.25, 0.3) is 5.89 Å². The fraction of sp³-hybridized carbons (Fsp3) is 0.0833. The van der Waals surface area contributed by atoms with Gasteiger partial charge in [-0.3, -0.25) is 4.68 Å². The average Bonchev–Trinajstić information content (AvgIpc) is 3.02. The molecule has 0 aliphatic carbocycles. The number of rotatable bonds is 2. The number of nitrogens with two attached hydrogens (primary N) is 1. The zero-order chi connectivity index (χ0) is 14.3. The first-order valence-electron chi connectivity index (χ1n) is 5.62. The van der Waals surface area contributed by atoms with E-state index in [-0.39, 0.29) is 0 Å².